The van der Waals surface area contributed by atoms with E-state index in [1.54, 1.807) is 35.2 Å². The average Bonchev–Trinajstić information content (AvgIpc) is 3.35. The Hall–Kier alpha value is -4.11. The summed E-state index contributed by atoms with van der Waals surface area (Å²) in [6.45, 7) is 13.0. The van der Waals surface area contributed by atoms with Crippen LogP contribution < -0.4 is 14.8 Å². The van der Waals surface area contributed by atoms with E-state index in [1.165, 1.54) is 24.3 Å². The van der Waals surface area contributed by atoms with Crippen LogP contribution in [0.3, 0.4) is 0 Å². The maximum absolute atomic E-state index is 13.5. The first kappa shape index (κ1) is 33.8. The van der Waals surface area contributed by atoms with E-state index < -0.39 is 11.0 Å². The van der Waals surface area contributed by atoms with Gasteiger partial charge in [-0.2, -0.15) is 0 Å². The van der Waals surface area contributed by atoms with E-state index in [0.29, 0.717) is 66.5 Å². The molecule has 0 aliphatic carbocycles. The van der Waals surface area contributed by atoms with E-state index >= 15 is 0 Å². The first-order valence-electron chi connectivity index (χ1n) is 15.5. The summed E-state index contributed by atoms with van der Waals surface area (Å²) < 4.78 is 31.1. The lowest BCUT2D eigenvalue weighted by Gasteiger charge is -2.25. The van der Waals surface area contributed by atoms with Crippen molar-refractivity contribution in [3.63, 3.8) is 0 Å². The molecular weight excluding hydrogens is 575 g/mol. The normalized spacial score (nSPS) is 16.6. The van der Waals surface area contributed by atoms with Crippen LogP contribution >= 0.6 is 0 Å². The fourth-order valence-corrected chi connectivity index (χ4v) is 5.32. The van der Waals surface area contributed by atoms with E-state index in [2.05, 4.69) is 19.2 Å². The fourth-order valence-electron chi connectivity index (χ4n) is 5.32. The summed E-state index contributed by atoms with van der Waals surface area (Å²) in [6.07, 6.45) is 1.94. The van der Waals surface area contributed by atoms with Crippen LogP contribution in [0.15, 0.2) is 66.7 Å². The number of aliphatic hydroxyl groups is 1. The molecule has 2 N–H and O–H groups in total. The second-order valence-corrected chi connectivity index (χ2v) is 13.2. The van der Waals surface area contributed by atoms with Gasteiger partial charge in [0.15, 0.2) is 0 Å². The number of hydrogen-bond donors (Lipinski definition) is 2. The molecule has 0 spiro atoms. The van der Waals surface area contributed by atoms with Gasteiger partial charge in [-0.1, -0.05) is 39.8 Å². The number of ether oxygens (including phenoxy) is 3. The van der Waals surface area contributed by atoms with Gasteiger partial charge in [-0.3, -0.25) is 4.79 Å². The van der Waals surface area contributed by atoms with E-state index in [4.69, 9.17) is 14.2 Å². The van der Waals surface area contributed by atoms with Gasteiger partial charge < -0.3 is 29.5 Å². The van der Waals surface area contributed by atoms with Crippen molar-refractivity contribution < 1.29 is 33.3 Å². The minimum atomic E-state index is -0.904. The fraction of sp³-hybridized carbons (Fsp3) is 0.444. The quantitative estimate of drug-likeness (QED) is 0.198. The van der Waals surface area contributed by atoms with Gasteiger partial charge in [-0.25, -0.2) is 9.18 Å². The molecule has 2 amide bonds. The molecular formula is C36H45FN2O6. The highest BCUT2D eigenvalue weighted by atomic mass is 19.1. The Bertz CT molecular complexity index is 1460. The zero-order chi connectivity index (χ0) is 32.8. The van der Waals surface area contributed by atoms with Crippen molar-refractivity contribution in [1.82, 2.24) is 4.90 Å². The van der Waals surface area contributed by atoms with Crippen molar-refractivity contribution in [3.05, 3.63) is 78.1 Å². The number of carbonyl (C=O) groups excluding carboxylic acids is 2. The molecule has 0 bridgehead atoms. The Labute approximate surface area is 265 Å². The van der Waals surface area contributed by atoms with E-state index in [0.717, 1.165) is 12.0 Å². The van der Waals surface area contributed by atoms with Crippen LogP contribution in [-0.4, -0.2) is 47.3 Å². The number of hydrogen-bond acceptors (Lipinski definition) is 6. The number of nitrogens with one attached hydrogen (secondary N) is 1. The lowest BCUT2D eigenvalue weighted by atomic mass is 9.85. The summed E-state index contributed by atoms with van der Waals surface area (Å²) in [4.78, 5) is 27.6. The van der Waals surface area contributed by atoms with Crippen molar-refractivity contribution in [3.8, 4) is 23.0 Å². The van der Waals surface area contributed by atoms with E-state index in [1.807, 2.05) is 39.8 Å². The van der Waals surface area contributed by atoms with E-state index in [-0.39, 0.29) is 24.4 Å². The first-order chi connectivity index (χ1) is 21.2. The summed E-state index contributed by atoms with van der Waals surface area (Å²) in [5.74, 6) is 1.77. The summed E-state index contributed by atoms with van der Waals surface area (Å²) >= 11 is 0. The smallest absolute Gasteiger partial charge is 0.321 e. The van der Waals surface area contributed by atoms with Crippen molar-refractivity contribution in [2.45, 2.75) is 71.8 Å². The molecule has 1 unspecified atom stereocenters. The Balaban J connectivity index is 1.51. The number of halogens is 1. The SMILES string of the molecule is CC(C)CCOC(=O)C(C)(C)c1ccc(Oc2cc(NC(=O)N3CCC(O)(CC(C)C)C3)cc(Oc3ccc(F)cc3)c2)cc1. The molecule has 45 heavy (non-hydrogen) atoms. The molecule has 1 aliphatic rings. The van der Waals surface area contributed by atoms with Crippen LogP contribution in [0.4, 0.5) is 14.9 Å². The van der Waals surface area contributed by atoms with Crippen LogP contribution in [0, 0.1) is 17.7 Å². The number of β-amino-alcohol motifs (C(OH)–C–C–N with tert-alkyl or cyclic N) is 1. The molecule has 0 saturated carbocycles. The molecule has 1 heterocycles. The Morgan fingerprint density at radius 2 is 1.49 bits per heavy atom. The number of likely N-dealkylation sites (tertiary alicyclic amines) is 1. The maximum Gasteiger partial charge on any atom is 0.321 e. The Kier molecular flexibility index (Phi) is 10.8. The summed E-state index contributed by atoms with van der Waals surface area (Å²) in [5.41, 5.74) is -0.532. The standard InChI is InChI=1S/C36H45FN2O6/c1-24(2)15-18-43-33(40)35(5,6)26-7-11-29(12-8-26)44-31-19-28(20-32(21-31)45-30-13-9-27(37)10-14-30)38-34(41)39-17-16-36(42,23-39)22-25(3)4/h7-14,19-21,24-25,42H,15-18,22-23H2,1-6H3,(H,38,41). The predicted molar refractivity (Wildman–Crippen MR) is 172 cm³/mol. The number of amides is 2. The average molecular weight is 621 g/mol. The topological polar surface area (TPSA) is 97.3 Å². The predicted octanol–water partition coefficient (Wildman–Crippen LogP) is 8.29. The molecule has 3 aromatic carbocycles. The highest BCUT2D eigenvalue weighted by molar-refractivity contribution is 5.90. The van der Waals surface area contributed by atoms with Crippen molar-refractivity contribution >= 4 is 17.7 Å². The number of anilines is 1. The number of rotatable bonds is 12. The number of urea groups is 1. The molecule has 1 fully saturated rings. The third-order valence-corrected chi connectivity index (χ3v) is 7.84. The van der Waals surface area contributed by atoms with Crippen LogP contribution in [0.25, 0.3) is 0 Å². The second-order valence-electron chi connectivity index (χ2n) is 13.2. The van der Waals surface area contributed by atoms with Gasteiger partial charge in [0.2, 0.25) is 0 Å². The molecule has 1 aliphatic heterocycles. The molecule has 9 heteroatoms. The molecule has 1 saturated heterocycles. The summed E-state index contributed by atoms with van der Waals surface area (Å²) in [6, 6.07) is 17.5. The van der Waals surface area contributed by atoms with Gasteiger partial charge in [0.1, 0.15) is 28.8 Å². The second kappa shape index (κ2) is 14.3. The molecule has 0 radical (unpaired) electrons. The zero-order valence-corrected chi connectivity index (χ0v) is 27.1. The Morgan fingerprint density at radius 1 is 0.911 bits per heavy atom. The van der Waals surface area contributed by atoms with Gasteiger partial charge in [-0.05, 0) is 86.9 Å². The van der Waals surface area contributed by atoms with Crippen molar-refractivity contribution in [2.24, 2.45) is 11.8 Å². The monoisotopic (exact) mass is 620 g/mol. The molecule has 0 aromatic heterocycles. The number of benzene rings is 3. The van der Waals surface area contributed by atoms with Crippen molar-refractivity contribution in [1.29, 1.82) is 0 Å². The minimum absolute atomic E-state index is 0.250. The third kappa shape index (κ3) is 9.44. The molecule has 3 aromatic rings. The maximum atomic E-state index is 13.5. The van der Waals surface area contributed by atoms with Gasteiger partial charge in [0.05, 0.1) is 24.2 Å². The lowest BCUT2D eigenvalue weighted by molar-refractivity contribution is -0.149. The van der Waals surface area contributed by atoms with Crippen LogP contribution in [0.2, 0.25) is 0 Å². The van der Waals surface area contributed by atoms with Gasteiger partial charge >= 0.3 is 12.0 Å². The van der Waals surface area contributed by atoms with Gasteiger partial charge in [0, 0.05) is 30.4 Å². The zero-order valence-electron chi connectivity index (χ0n) is 27.1. The van der Waals surface area contributed by atoms with Crippen molar-refractivity contribution in [2.75, 3.05) is 25.0 Å². The molecule has 4 rings (SSSR count). The van der Waals surface area contributed by atoms with Crippen LogP contribution in [0.5, 0.6) is 23.0 Å². The highest BCUT2D eigenvalue weighted by Gasteiger charge is 2.38. The number of nitrogens with zero attached hydrogens (tertiary/aromatic N) is 1. The van der Waals surface area contributed by atoms with Gasteiger partial charge in [-0.15, -0.1) is 0 Å². The lowest BCUT2D eigenvalue weighted by Crippen LogP contribution is -2.38. The minimum Gasteiger partial charge on any atom is -0.465 e. The molecule has 1 atom stereocenters. The van der Waals surface area contributed by atoms with E-state index in [9.17, 15) is 19.1 Å². The molecule has 242 valence electrons. The van der Waals surface area contributed by atoms with Crippen LogP contribution in [-0.2, 0) is 14.9 Å². The first-order valence-corrected chi connectivity index (χ1v) is 15.5. The summed E-state index contributed by atoms with van der Waals surface area (Å²) in [5, 5.41) is 13.8. The Morgan fingerprint density at radius 3 is 2.04 bits per heavy atom. The highest BCUT2D eigenvalue weighted by Crippen LogP contribution is 2.35. The third-order valence-electron chi connectivity index (χ3n) is 7.84. The number of carbonyl (C=O) groups is 2. The van der Waals surface area contributed by atoms with Crippen LogP contribution in [0.1, 0.15) is 66.4 Å². The summed E-state index contributed by atoms with van der Waals surface area (Å²) in [7, 11) is 0. The van der Waals surface area contributed by atoms with Gasteiger partial charge in [0.25, 0.3) is 0 Å². The molecule has 8 nitrogen and oxygen atoms in total. The largest absolute Gasteiger partial charge is 0.465 e. The number of esters is 1.